The lowest BCUT2D eigenvalue weighted by Crippen LogP contribution is -2.48. The molecule has 9 nitrogen and oxygen atoms in total. The van der Waals surface area contributed by atoms with Crippen LogP contribution in [0.4, 0.5) is 4.79 Å². The number of benzene rings is 2. The summed E-state index contributed by atoms with van der Waals surface area (Å²) in [5, 5.41) is 14.1. The highest BCUT2D eigenvalue weighted by atomic mass is 16.6. The number of rotatable bonds is 9. The first-order valence-electron chi connectivity index (χ1n) is 10.3. The Labute approximate surface area is 192 Å². The summed E-state index contributed by atoms with van der Waals surface area (Å²) in [7, 11) is 0. The molecule has 0 aliphatic heterocycles. The average Bonchev–Trinajstić information content (AvgIpc) is 2.75. The van der Waals surface area contributed by atoms with Crippen LogP contribution in [0.3, 0.4) is 0 Å². The number of esters is 1. The Morgan fingerprint density at radius 3 is 2.27 bits per heavy atom. The quantitative estimate of drug-likeness (QED) is 0.494. The van der Waals surface area contributed by atoms with Crippen LogP contribution in [-0.2, 0) is 32.2 Å². The number of carbonyl (C=O) groups excluding carboxylic acids is 3. The van der Waals surface area contributed by atoms with Crippen molar-refractivity contribution in [3.05, 3.63) is 71.3 Å². The molecule has 2 aromatic carbocycles. The van der Waals surface area contributed by atoms with E-state index in [4.69, 9.17) is 14.6 Å². The minimum Gasteiger partial charge on any atom is -0.478 e. The maximum atomic E-state index is 12.7. The van der Waals surface area contributed by atoms with Gasteiger partial charge in [-0.2, -0.15) is 0 Å². The zero-order valence-corrected chi connectivity index (χ0v) is 18.8. The minimum atomic E-state index is -1.24. The predicted molar refractivity (Wildman–Crippen MR) is 119 cm³/mol. The maximum absolute atomic E-state index is 12.7. The molecule has 1 atom stereocenters. The van der Waals surface area contributed by atoms with Crippen LogP contribution in [0.5, 0.6) is 0 Å². The second-order valence-electron chi connectivity index (χ2n) is 8.27. The van der Waals surface area contributed by atoms with Crippen molar-refractivity contribution in [2.24, 2.45) is 0 Å². The van der Waals surface area contributed by atoms with E-state index in [1.807, 2.05) is 6.07 Å². The molecular formula is C24H28N2O7. The number of hydrogen-bond acceptors (Lipinski definition) is 6. The van der Waals surface area contributed by atoms with E-state index >= 15 is 0 Å². The van der Waals surface area contributed by atoms with E-state index in [-0.39, 0.29) is 18.7 Å². The summed E-state index contributed by atoms with van der Waals surface area (Å²) in [6, 6.07) is 13.8. The fraction of sp³-hybridized carbons (Fsp3) is 0.333. The van der Waals surface area contributed by atoms with Gasteiger partial charge in [0, 0.05) is 6.54 Å². The first kappa shape index (κ1) is 25.4. The minimum absolute atomic E-state index is 0.00453. The fourth-order valence-electron chi connectivity index (χ4n) is 2.79. The van der Waals surface area contributed by atoms with Gasteiger partial charge in [0.05, 0.1) is 12.0 Å². The van der Waals surface area contributed by atoms with Crippen LogP contribution in [-0.4, -0.2) is 40.7 Å². The molecule has 0 aliphatic carbocycles. The van der Waals surface area contributed by atoms with Crippen molar-refractivity contribution in [1.82, 2.24) is 10.6 Å². The summed E-state index contributed by atoms with van der Waals surface area (Å²) in [4.78, 5) is 48.4. The number of ether oxygens (including phenoxy) is 2. The highest BCUT2D eigenvalue weighted by Gasteiger charge is 2.27. The average molecular weight is 456 g/mol. The van der Waals surface area contributed by atoms with Crippen LogP contribution >= 0.6 is 0 Å². The van der Waals surface area contributed by atoms with Crippen molar-refractivity contribution in [2.45, 2.75) is 52.0 Å². The summed E-state index contributed by atoms with van der Waals surface area (Å²) in [6.07, 6.45) is -1.27. The fourth-order valence-corrected chi connectivity index (χ4v) is 2.79. The van der Waals surface area contributed by atoms with E-state index in [9.17, 15) is 19.2 Å². The van der Waals surface area contributed by atoms with Crippen molar-refractivity contribution < 1.29 is 33.8 Å². The summed E-state index contributed by atoms with van der Waals surface area (Å²) in [6.45, 7) is 5.08. The maximum Gasteiger partial charge on any atom is 0.408 e. The van der Waals surface area contributed by atoms with Gasteiger partial charge < -0.3 is 25.2 Å². The van der Waals surface area contributed by atoms with E-state index < -0.39 is 42.0 Å². The van der Waals surface area contributed by atoms with Crippen molar-refractivity contribution in [1.29, 1.82) is 0 Å². The molecule has 0 spiro atoms. The smallest absolute Gasteiger partial charge is 0.408 e. The summed E-state index contributed by atoms with van der Waals surface area (Å²) >= 11 is 0. The van der Waals surface area contributed by atoms with E-state index in [2.05, 4.69) is 10.6 Å². The monoisotopic (exact) mass is 456 g/mol. The van der Waals surface area contributed by atoms with E-state index in [0.29, 0.717) is 5.56 Å². The van der Waals surface area contributed by atoms with Gasteiger partial charge in [0.2, 0.25) is 5.91 Å². The summed E-state index contributed by atoms with van der Waals surface area (Å²) < 4.78 is 10.4. The molecule has 33 heavy (non-hydrogen) atoms. The molecule has 0 radical (unpaired) electrons. The van der Waals surface area contributed by atoms with Crippen LogP contribution in [0.15, 0.2) is 54.6 Å². The molecule has 0 unspecified atom stereocenters. The van der Waals surface area contributed by atoms with Crippen molar-refractivity contribution in [2.75, 3.05) is 0 Å². The largest absolute Gasteiger partial charge is 0.478 e. The lowest BCUT2D eigenvalue weighted by molar-refractivity contribution is -0.156. The highest BCUT2D eigenvalue weighted by Crippen LogP contribution is 2.11. The van der Waals surface area contributed by atoms with Crippen LogP contribution in [0.25, 0.3) is 0 Å². The number of carboxylic acid groups (broad SMARTS) is 1. The van der Waals surface area contributed by atoms with Gasteiger partial charge in [0.1, 0.15) is 18.2 Å². The number of alkyl carbamates (subject to hydrolysis) is 1. The third-order valence-corrected chi connectivity index (χ3v) is 4.25. The Morgan fingerprint density at radius 1 is 0.970 bits per heavy atom. The third-order valence-electron chi connectivity index (χ3n) is 4.25. The van der Waals surface area contributed by atoms with Crippen LogP contribution in [0.1, 0.15) is 48.7 Å². The lowest BCUT2D eigenvalue weighted by Gasteiger charge is -2.22. The Bertz CT molecular complexity index is 984. The molecule has 0 aliphatic rings. The van der Waals surface area contributed by atoms with Crippen LogP contribution < -0.4 is 10.6 Å². The molecule has 2 amide bonds. The van der Waals surface area contributed by atoms with Gasteiger partial charge in [0.25, 0.3) is 0 Å². The SMILES string of the molecule is CC(C)(C)OC(=O)C[C@H](NC(=O)OCc1ccccc1)C(=O)NCc1cccc(C(=O)O)c1. The number of carbonyl (C=O) groups is 4. The molecule has 176 valence electrons. The third kappa shape index (κ3) is 9.42. The van der Waals surface area contributed by atoms with Gasteiger partial charge in [-0.25, -0.2) is 9.59 Å². The molecule has 0 heterocycles. The van der Waals surface area contributed by atoms with Gasteiger partial charge in [-0.05, 0) is 44.0 Å². The standard InChI is InChI=1S/C24H28N2O7/c1-24(2,3)33-20(27)13-19(26-23(31)32-15-16-8-5-4-6-9-16)21(28)25-14-17-10-7-11-18(12-17)22(29)30/h4-12,19H,13-15H2,1-3H3,(H,25,28)(H,26,31)(H,29,30)/t19-/m0/s1. The number of carboxylic acids is 1. The number of aromatic carboxylic acids is 1. The first-order chi connectivity index (χ1) is 15.5. The van der Waals surface area contributed by atoms with Crippen molar-refractivity contribution in [3.8, 4) is 0 Å². The molecule has 0 aromatic heterocycles. The summed E-state index contributed by atoms with van der Waals surface area (Å²) in [5.41, 5.74) is 0.628. The molecular weight excluding hydrogens is 428 g/mol. The molecule has 0 saturated heterocycles. The number of hydrogen-bond donors (Lipinski definition) is 3. The van der Waals surface area contributed by atoms with Crippen LogP contribution in [0.2, 0.25) is 0 Å². The van der Waals surface area contributed by atoms with Gasteiger partial charge >= 0.3 is 18.0 Å². The van der Waals surface area contributed by atoms with Crippen molar-refractivity contribution in [3.63, 3.8) is 0 Å². The molecule has 9 heteroatoms. The molecule has 2 aromatic rings. The zero-order chi connectivity index (χ0) is 24.4. The normalized spacial score (nSPS) is 11.7. The van der Waals surface area contributed by atoms with Crippen molar-refractivity contribution >= 4 is 23.9 Å². The Morgan fingerprint density at radius 2 is 1.64 bits per heavy atom. The zero-order valence-electron chi connectivity index (χ0n) is 18.8. The van der Waals surface area contributed by atoms with Gasteiger partial charge in [-0.15, -0.1) is 0 Å². The van der Waals surface area contributed by atoms with E-state index in [1.54, 1.807) is 57.2 Å². The van der Waals surface area contributed by atoms with E-state index in [1.165, 1.54) is 12.1 Å². The molecule has 0 saturated carbocycles. The number of amides is 2. The first-order valence-corrected chi connectivity index (χ1v) is 10.3. The van der Waals surface area contributed by atoms with Gasteiger partial charge in [0.15, 0.2) is 0 Å². The topological polar surface area (TPSA) is 131 Å². The number of nitrogens with one attached hydrogen (secondary N) is 2. The van der Waals surface area contributed by atoms with E-state index in [0.717, 1.165) is 5.56 Å². The lowest BCUT2D eigenvalue weighted by atomic mass is 10.1. The second-order valence-corrected chi connectivity index (χ2v) is 8.27. The Hall–Kier alpha value is -3.88. The molecule has 2 rings (SSSR count). The molecule has 0 fully saturated rings. The Balaban J connectivity index is 2.02. The molecule has 3 N–H and O–H groups in total. The predicted octanol–water partition coefficient (Wildman–Crippen LogP) is 3.03. The Kier molecular flexibility index (Phi) is 8.97. The van der Waals surface area contributed by atoms with Crippen LogP contribution in [0, 0.1) is 0 Å². The second kappa shape index (κ2) is 11.7. The van der Waals surface area contributed by atoms with Gasteiger partial charge in [-0.3, -0.25) is 9.59 Å². The summed E-state index contributed by atoms with van der Waals surface area (Å²) in [5.74, 6) is -2.40. The highest BCUT2D eigenvalue weighted by molar-refractivity contribution is 5.90. The van der Waals surface area contributed by atoms with Gasteiger partial charge in [-0.1, -0.05) is 42.5 Å². The molecule has 0 bridgehead atoms.